The van der Waals surface area contributed by atoms with Gasteiger partial charge in [0, 0.05) is 24.5 Å². The highest BCUT2D eigenvalue weighted by Crippen LogP contribution is 2.41. The van der Waals surface area contributed by atoms with Gasteiger partial charge >= 0.3 is 6.36 Å². The molecule has 1 aromatic carbocycles. The summed E-state index contributed by atoms with van der Waals surface area (Å²) in [7, 11) is 0. The molecule has 9 heteroatoms. The third-order valence-corrected chi connectivity index (χ3v) is 5.15. The van der Waals surface area contributed by atoms with E-state index in [0.717, 1.165) is 11.3 Å². The first-order chi connectivity index (χ1) is 13.5. The molecule has 3 heterocycles. The van der Waals surface area contributed by atoms with Gasteiger partial charge in [-0.05, 0) is 47.4 Å². The molecule has 2 aromatic heterocycles. The number of hydrogen-bond acceptors (Lipinski definition) is 6. The molecule has 5 nitrogen and oxygen atoms in total. The summed E-state index contributed by atoms with van der Waals surface area (Å²) in [6.45, 7) is 0.934. The first-order valence-electron chi connectivity index (χ1n) is 8.55. The van der Waals surface area contributed by atoms with Gasteiger partial charge in [-0.1, -0.05) is 12.1 Å². The Labute approximate surface area is 163 Å². The zero-order valence-electron chi connectivity index (χ0n) is 14.6. The van der Waals surface area contributed by atoms with Gasteiger partial charge in [0.25, 0.3) is 0 Å². The van der Waals surface area contributed by atoms with E-state index in [4.69, 9.17) is 4.74 Å². The van der Waals surface area contributed by atoms with Gasteiger partial charge in [-0.3, -0.25) is 10.3 Å². The minimum Gasteiger partial charge on any atom is -0.491 e. The number of nitrogens with zero attached hydrogens (tertiary/aromatic N) is 2. The average Bonchev–Trinajstić information content (AvgIpc) is 3.19. The number of rotatable bonds is 5. The highest BCUT2D eigenvalue weighted by molar-refractivity contribution is 7.03. The van der Waals surface area contributed by atoms with E-state index in [2.05, 4.69) is 19.4 Å². The second-order valence-electron chi connectivity index (χ2n) is 6.27. The summed E-state index contributed by atoms with van der Waals surface area (Å²) in [5.74, 6) is 0.384. The number of hydrogen-bond donors (Lipinski definition) is 1. The second kappa shape index (κ2) is 7.40. The van der Waals surface area contributed by atoms with E-state index in [0.29, 0.717) is 31.0 Å². The summed E-state index contributed by atoms with van der Waals surface area (Å²) in [6, 6.07) is 11.4. The number of pyridine rings is 1. The molecule has 28 heavy (non-hydrogen) atoms. The van der Waals surface area contributed by atoms with Crippen molar-refractivity contribution in [3.63, 3.8) is 0 Å². The van der Waals surface area contributed by atoms with Crippen molar-refractivity contribution in [3.05, 3.63) is 71.0 Å². The van der Waals surface area contributed by atoms with E-state index >= 15 is 0 Å². The molecular weight excluding hydrogens is 391 g/mol. The van der Waals surface area contributed by atoms with Crippen molar-refractivity contribution in [1.29, 1.82) is 0 Å². The number of aromatic nitrogens is 2. The molecule has 0 saturated heterocycles. The number of fused-ring (bicyclic) bond motifs is 1. The van der Waals surface area contributed by atoms with Crippen molar-refractivity contribution in [2.45, 2.75) is 24.9 Å². The van der Waals surface area contributed by atoms with Crippen LogP contribution in [0.25, 0.3) is 0 Å². The summed E-state index contributed by atoms with van der Waals surface area (Å²) >= 11 is 1.36. The molecular formula is C19H16F3N3O2S. The lowest BCUT2D eigenvalue weighted by atomic mass is 9.81. The van der Waals surface area contributed by atoms with Gasteiger partial charge in [0.1, 0.15) is 17.2 Å². The van der Waals surface area contributed by atoms with Crippen molar-refractivity contribution in [3.8, 4) is 11.5 Å². The predicted molar refractivity (Wildman–Crippen MR) is 97.2 cm³/mol. The fourth-order valence-corrected chi connectivity index (χ4v) is 3.87. The van der Waals surface area contributed by atoms with Crippen LogP contribution in [0.1, 0.15) is 23.4 Å². The van der Waals surface area contributed by atoms with Crippen molar-refractivity contribution < 1.29 is 22.6 Å². The van der Waals surface area contributed by atoms with Crippen LogP contribution in [0, 0.1) is 0 Å². The molecule has 0 aliphatic carbocycles. The smallest absolute Gasteiger partial charge is 0.491 e. The van der Waals surface area contributed by atoms with E-state index in [1.807, 2.05) is 17.5 Å². The van der Waals surface area contributed by atoms with Crippen LogP contribution in [0.3, 0.4) is 0 Å². The monoisotopic (exact) mass is 407 g/mol. The van der Waals surface area contributed by atoms with Gasteiger partial charge in [-0.2, -0.15) is 4.37 Å². The van der Waals surface area contributed by atoms with E-state index in [1.165, 1.54) is 23.7 Å². The fourth-order valence-electron chi connectivity index (χ4n) is 3.33. The molecule has 3 aromatic rings. The number of alkyl halides is 3. The van der Waals surface area contributed by atoms with E-state index < -0.39 is 11.9 Å². The Morgan fingerprint density at radius 1 is 1.18 bits per heavy atom. The van der Waals surface area contributed by atoms with Gasteiger partial charge in [0.15, 0.2) is 0 Å². The Kier molecular flexibility index (Phi) is 4.94. The van der Waals surface area contributed by atoms with Crippen molar-refractivity contribution >= 4 is 11.5 Å². The van der Waals surface area contributed by atoms with Crippen LogP contribution in [0.15, 0.2) is 54.0 Å². The molecule has 0 radical (unpaired) electrons. The molecule has 1 aliphatic heterocycles. The van der Waals surface area contributed by atoms with Gasteiger partial charge < -0.3 is 9.47 Å². The Morgan fingerprint density at radius 3 is 2.71 bits per heavy atom. The molecule has 0 saturated carbocycles. The van der Waals surface area contributed by atoms with Gasteiger partial charge in [0.05, 0.1) is 17.8 Å². The predicted octanol–water partition coefficient (Wildman–Crippen LogP) is 4.25. The zero-order valence-corrected chi connectivity index (χ0v) is 15.4. The van der Waals surface area contributed by atoms with Crippen molar-refractivity contribution in [1.82, 2.24) is 14.7 Å². The largest absolute Gasteiger partial charge is 0.573 e. The molecule has 1 N–H and O–H groups in total. The normalized spacial score (nSPS) is 19.0. The fraction of sp³-hybridized carbons (Fsp3) is 0.263. The molecule has 0 unspecified atom stereocenters. The first kappa shape index (κ1) is 18.7. The minimum atomic E-state index is -4.73. The summed E-state index contributed by atoms with van der Waals surface area (Å²) in [5, 5.41) is 5.41. The summed E-state index contributed by atoms with van der Waals surface area (Å²) in [4.78, 5) is 4.51. The number of halogens is 3. The van der Waals surface area contributed by atoms with E-state index in [-0.39, 0.29) is 5.75 Å². The Morgan fingerprint density at radius 2 is 2.00 bits per heavy atom. The molecule has 0 bridgehead atoms. The van der Waals surface area contributed by atoms with E-state index in [1.54, 1.807) is 24.4 Å². The van der Waals surface area contributed by atoms with Crippen LogP contribution >= 0.6 is 11.5 Å². The summed E-state index contributed by atoms with van der Waals surface area (Å²) in [5.41, 5.74) is 1.64. The topological polar surface area (TPSA) is 56.3 Å². The van der Waals surface area contributed by atoms with Gasteiger partial charge in [-0.25, -0.2) is 0 Å². The van der Waals surface area contributed by atoms with Crippen LogP contribution in [0.4, 0.5) is 13.2 Å². The Bertz CT molecular complexity index is 932. The van der Waals surface area contributed by atoms with Crippen LogP contribution in [0.2, 0.25) is 0 Å². The third kappa shape index (κ3) is 3.81. The second-order valence-corrected chi connectivity index (χ2v) is 6.94. The maximum absolute atomic E-state index is 12.5. The summed E-state index contributed by atoms with van der Waals surface area (Å²) < 4.78 is 51.5. The lowest BCUT2D eigenvalue weighted by Gasteiger charge is -2.39. The molecule has 0 spiro atoms. The minimum absolute atomic E-state index is 0.265. The van der Waals surface area contributed by atoms with Gasteiger partial charge in [0.2, 0.25) is 0 Å². The Hall–Kier alpha value is -2.65. The van der Waals surface area contributed by atoms with Crippen molar-refractivity contribution in [2.24, 2.45) is 0 Å². The van der Waals surface area contributed by atoms with Crippen molar-refractivity contribution in [2.75, 3.05) is 6.61 Å². The standard InChI is InChI=1S/C19H16F3N3O2S/c20-19(21,22)27-15-5-3-13(4-6-15)18(24-12-14-7-11-28-25-14)8-10-26-16-2-1-9-23-17(16)18/h1-7,9,11,24H,8,10,12H2/t18-/m0/s1. The average molecular weight is 407 g/mol. The maximum Gasteiger partial charge on any atom is 0.573 e. The highest BCUT2D eigenvalue weighted by atomic mass is 32.1. The van der Waals surface area contributed by atoms with E-state index in [9.17, 15) is 13.2 Å². The molecule has 4 rings (SSSR count). The molecule has 146 valence electrons. The van der Waals surface area contributed by atoms with Crippen LogP contribution in [0.5, 0.6) is 11.5 Å². The molecule has 0 fully saturated rings. The first-order valence-corrected chi connectivity index (χ1v) is 9.39. The highest BCUT2D eigenvalue weighted by Gasteiger charge is 2.41. The Balaban J connectivity index is 1.72. The number of benzene rings is 1. The lowest BCUT2D eigenvalue weighted by Crippen LogP contribution is -2.47. The van der Waals surface area contributed by atoms with Crippen LogP contribution in [-0.4, -0.2) is 22.3 Å². The van der Waals surface area contributed by atoms with Gasteiger partial charge in [-0.15, -0.1) is 13.2 Å². The molecule has 1 atom stereocenters. The molecule has 0 amide bonds. The number of ether oxygens (including phenoxy) is 2. The lowest BCUT2D eigenvalue weighted by molar-refractivity contribution is -0.274. The van der Waals surface area contributed by atoms with Crippen LogP contribution < -0.4 is 14.8 Å². The number of nitrogens with one attached hydrogen (secondary N) is 1. The zero-order chi connectivity index (χ0) is 19.6. The SMILES string of the molecule is FC(F)(F)Oc1ccc([C@@]2(NCc3ccsn3)CCOc3cccnc32)cc1. The summed E-state index contributed by atoms with van der Waals surface area (Å²) in [6.07, 6.45) is -2.48. The third-order valence-electron chi connectivity index (χ3n) is 4.55. The quantitative estimate of drug-likeness (QED) is 0.685. The van der Waals surface area contributed by atoms with Crippen LogP contribution in [-0.2, 0) is 12.1 Å². The molecule has 1 aliphatic rings. The maximum atomic E-state index is 12.5.